The van der Waals surface area contributed by atoms with Crippen LogP contribution < -0.4 is 0 Å². The Morgan fingerprint density at radius 1 is 1.00 bits per heavy atom. The van der Waals surface area contributed by atoms with Crippen molar-refractivity contribution >= 4 is 15.9 Å². The molecule has 7 heteroatoms. The molecule has 0 atom stereocenters. The van der Waals surface area contributed by atoms with E-state index in [2.05, 4.69) is 5.10 Å². The Bertz CT molecular complexity index is 1050. The van der Waals surface area contributed by atoms with Crippen LogP contribution >= 0.6 is 0 Å². The first-order chi connectivity index (χ1) is 12.3. The summed E-state index contributed by atoms with van der Waals surface area (Å²) in [6, 6.07) is 14.3. The average Bonchev–Trinajstić information content (AvgIpc) is 3.06. The molecule has 0 spiro atoms. The van der Waals surface area contributed by atoms with Crippen molar-refractivity contribution in [2.45, 2.75) is 11.8 Å². The van der Waals surface area contributed by atoms with Crippen molar-refractivity contribution in [3.05, 3.63) is 60.3 Å². The topological polar surface area (TPSA) is 78.3 Å². The minimum Gasteiger partial charge on any atom is -0.451 e. The number of aromatic nitrogens is 2. The molecule has 2 aromatic carbocycles. The Morgan fingerprint density at radius 3 is 2.12 bits per heavy atom. The van der Waals surface area contributed by atoms with Crippen LogP contribution in [-0.4, -0.2) is 37.7 Å². The molecule has 0 unspecified atom stereocenters. The van der Waals surface area contributed by atoms with E-state index >= 15 is 0 Å². The van der Waals surface area contributed by atoms with Crippen LogP contribution in [0.25, 0.3) is 22.4 Å². The zero-order valence-corrected chi connectivity index (χ0v) is 15.4. The van der Waals surface area contributed by atoms with Crippen LogP contribution in [0.3, 0.4) is 0 Å². The highest BCUT2D eigenvalue weighted by molar-refractivity contribution is 7.90. The van der Waals surface area contributed by atoms with Crippen molar-refractivity contribution in [3.8, 4) is 22.4 Å². The second-order valence-corrected chi connectivity index (χ2v) is 7.98. The summed E-state index contributed by atoms with van der Waals surface area (Å²) in [4.78, 5) is 12.1. The molecule has 0 fully saturated rings. The first-order valence-electron chi connectivity index (χ1n) is 7.85. The van der Waals surface area contributed by atoms with Crippen LogP contribution in [0.2, 0.25) is 0 Å². The van der Waals surface area contributed by atoms with Gasteiger partial charge in [-0.25, -0.2) is 13.2 Å². The second kappa shape index (κ2) is 6.76. The van der Waals surface area contributed by atoms with Gasteiger partial charge in [-0.3, -0.25) is 0 Å². The predicted octanol–water partition coefficient (Wildman–Crippen LogP) is 3.54. The minimum absolute atomic E-state index is 0.227. The van der Waals surface area contributed by atoms with E-state index in [1.807, 2.05) is 31.2 Å². The smallest absolute Gasteiger partial charge is 0.434 e. The SMILES string of the molecule is COC(=O)n1cc(-c2ccc(C)cc2)c(-c2ccc(S(C)(=O)=O)cc2)n1. The van der Waals surface area contributed by atoms with E-state index in [1.54, 1.807) is 18.3 Å². The molecule has 0 radical (unpaired) electrons. The van der Waals surface area contributed by atoms with Crippen molar-refractivity contribution in [3.63, 3.8) is 0 Å². The van der Waals surface area contributed by atoms with E-state index in [1.165, 1.54) is 19.2 Å². The first kappa shape index (κ1) is 17.9. The van der Waals surface area contributed by atoms with E-state index in [0.717, 1.165) is 27.6 Å². The van der Waals surface area contributed by atoms with Gasteiger partial charge in [0.25, 0.3) is 0 Å². The number of carbonyl (C=O) groups excluding carboxylic acids is 1. The number of aryl methyl sites for hydroxylation is 1. The van der Waals surface area contributed by atoms with Crippen molar-refractivity contribution in [1.82, 2.24) is 9.78 Å². The van der Waals surface area contributed by atoms with E-state index < -0.39 is 15.9 Å². The fourth-order valence-electron chi connectivity index (χ4n) is 2.58. The summed E-state index contributed by atoms with van der Waals surface area (Å²) in [6.07, 6.45) is 2.17. The summed E-state index contributed by atoms with van der Waals surface area (Å²) in [6.45, 7) is 1.99. The third-order valence-corrected chi connectivity index (χ3v) is 5.12. The van der Waals surface area contributed by atoms with Crippen LogP contribution in [0.1, 0.15) is 5.56 Å². The molecule has 0 saturated heterocycles. The molecule has 3 aromatic rings. The molecule has 3 rings (SSSR count). The minimum atomic E-state index is -3.28. The maximum Gasteiger partial charge on any atom is 0.434 e. The summed E-state index contributed by atoms with van der Waals surface area (Å²) in [5.74, 6) is 0. The Kier molecular flexibility index (Phi) is 4.65. The molecule has 26 heavy (non-hydrogen) atoms. The molecule has 0 aliphatic carbocycles. The fourth-order valence-corrected chi connectivity index (χ4v) is 3.21. The van der Waals surface area contributed by atoms with Crippen molar-refractivity contribution in [1.29, 1.82) is 0 Å². The normalized spacial score (nSPS) is 11.3. The number of benzene rings is 2. The van der Waals surface area contributed by atoms with Crippen molar-refractivity contribution in [2.75, 3.05) is 13.4 Å². The molecule has 134 valence electrons. The van der Waals surface area contributed by atoms with Gasteiger partial charge < -0.3 is 4.74 Å². The summed E-state index contributed by atoms with van der Waals surface area (Å²) < 4.78 is 29.2. The molecule has 0 saturated carbocycles. The number of hydrogen-bond donors (Lipinski definition) is 0. The van der Waals surface area contributed by atoms with Gasteiger partial charge in [0.2, 0.25) is 0 Å². The highest BCUT2D eigenvalue weighted by atomic mass is 32.2. The van der Waals surface area contributed by atoms with Gasteiger partial charge in [0.05, 0.1) is 12.0 Å². The average molecular weight is 370 g/mol. The molecule has 0 aliphatic heterocycles. The van der Waals surface area contributed by atoms with Crippen LogP contribution in [0.15, 0.2) is 59.6 Å². The van der Waals surface area contributed by atoms with Crippen LogP contribution in [-0.2, 0) is 14.6 Å². The van der Waals surface area contributed by atoms with E-state index in [-0.39, 0.29) is 4.90 Å². The van der Waals surface area contributed by atoms with Crippen LogP contribution in [0.5, 0.6) is 0 Å². The number of rotatable bonds is 3. The van der Waals surface area contributed by atoms with E-state index in [0.29, 0.717) is 11.3 Å². The van der Waals surface area contributed by atoms with Gasteiger partial charge in [-0.2, -0.15) is 9.78 Å². The lowest BCUT2D eigenvalue weighted by atomic mass is 10.0. The number of sulfone groups is 1. The number of nitrogens with zero attached hydrogens (tertiary/aromatic N) is 2. The zero-order chi connectivity index (χ0) is 18.9. The van der Waals surface area contributed by atoms with Crippen molar-refractivity contribution in [2.24, 2.45) is 0 Å². The summed E-state index contributed by atoms with van der Waals surface area (Å²) in [5, 5.41) is 4.33. The van der Waals surface area contributed by atoms with Gasteiger partial charge in [0.15, 0.2) is 9.84 Å². The van der Waals surface area contributed by atoms with E-state index in [9.17, 15) is 13.2 Å². The molecular weight excluding hydrogens is 352 g/mol. The fraction of sp³-hybridized carbons (Fsp3) is 0.158. The monoisotopic (exact) mass is 370 g/mol. The van der Waals surface area contributed by atoms with Crippen LogP contribution in [0, 0.1) is 6.92 Å². The van der Waals surface area contributed by atoms with Gasteiger partial charge >= 0.3 is 6.09 Å². The zero-order valence-electron chi connectivity index (χ0n) is 14.6. The first-order valence-corrected chi connectivity index (χ1v) is 9.74. The van der Waals surface area contributed by atoms with Crippen molar-refractivity contribution < 1.29 is 17.9 Å². The second-order valence-electron chi connectivity index (χ2n) is 5.97. The predicted molar refractivity (Wildman–Crippen MR) is 98.7 cm³/mol. The largest absolute Gasteiger partial charge is 0.451 e. The number of carbonyl (C=O) groups is 1. The Hall–Kier alpha value is -2.93. The Labute approximate surface area is 152 Å². The number of methoxy groups -OCH3 is 1. The third kappa shape index (κ3) is 3.52. The van der Waals surface area contributed by atoms with Gasteiger partial charge in [-0.1, -0.05) is 42.0 Å². The standard InChI is InChI=1S/C19H18N2O4S/c1-13-4-6-14(7-5-13)17-12-21(19(22)25-2)20-18(17)15-8-10-16(11-9-15)26(3,23)24/h4-12H,1-3H3. The molecule has 0 aliphatic rings. The highest BCUT2D eigenvalue weighted by Gasteiger charge is 2.17. The quantitative estimate of drug-likeness (QED) is 0.705. The Balaban J connectivity index is 2.14. The van der Waals surface area contributed by atoms with Gasteiger partial charge in [-0.05, 0) is 24.6 Å². The van der Waals surface area contributed by atoms with Crippen LogP contribution in [0.4, 0.5) is 4.79 Å². The lowest BCUT2D eigenvalue weighted by Gasteiger charge is -2.05. The van der Waals surface area contributed by atoms with Gasteiger partial charge in [0.1, 0.15) is 5.69 Å². The summed E-state index contributed by atoms with van der Waals surface area (Å²) >= 11 is 0. The Morgan fingerprint density at radius 2 is 1.58 bits per heavy atom. The van der Waals surface area contributed by atoms with E-state index in [4.69, 9.17) is 4.74 Å². The third-order valence-electron chi connectivity index (χ3n) is 3.99. The molecule has 0 N–H and O–H groups in total. The summed E-state index contributed by atoms with van der Waals surface area (Å²) in [7, 11) is -1.99. The molecule has 1 heterocycles. The summed E-state index contributed by atoms with van der Waals surface area (Å²) in [5.41, 5.74) is 4.04. The lowest BCUT2D eigenvalue weighted by Crippen LogP contribution is -2.11. The van der Waals surface area contributed by atoms with Gasteiger partial charge in [-0.15, -0.1) is 0 Å². The number of ether oxygens (including phenoxy) is 1. The molecule has 1 aromatic heterocycles. The maximum atomic E-state index is 11.9. The highest BCUT2D eigenvalue weighted by Crippen LogP contribution is 2.31. The molecular formula is C19H18N2O4S. The maximum absolute atomic E-state index is 11.9. The molecule has 0 amide bonds. The molecule has 6 nitrogen and oxygen atoms in total. The molecule has 0 bridgehead atoms. The lowest BCUT2D eigenvalue weighted by molar-refractivity contribution is 0.169. The number of hydrogen-bond acceptors (Lipinski definition) is 5. The van der Waals surface area contributed by atoms with Gasteiger partial charge in [0, 0.05) is 23.6 Å².